The second-order valence-electron chi connectivity index (χ2n) is 7.43. The van der Waals surface area contributed by atoms with Gasteiger partial charge in [0.15, 0.2) is 0 Å². The van der Waals surface area contributed by atoms with Crippen LogP contribution in [0, 0.1) is 0 Å². The minimum atomic E-state index is -0.382. The smallest absolute Gasteiger partial charge is 0.330 e. The fourth-order valence-corrected chi connectivity index (χ4v) is 4.03. The van der Waals surface area contributed by atoms with Crippen molar-refractivity contribution in [3.05, 3.63) is 62.4 Å². The molecule has 0 spiro atoms. The predicted molar refractivity (Wildman–Crippen MR) is 111 cm³/mol. The highest BCUT2D eigenvalue weighted by molar-refractivity contribution is 5.86. The minimum absolute atomic E-state index is 0. The normalized spacial score (nSPS) is 19.9. The number of nitrogens with zero attached hydrogens (tertiary/aromatic N) is 3. The van der Waals surface area contributed by atoms with E-state index in [1.807, 2.05) is 24.3 Å². The molecule has 3 heterocycles. The summed E-state index contributed by atoms with van der Waals surface area (Å²) in [7, 11) is 3.06. The second kappa shape index (κ2) is 8.42. The Morgan fingerprint density at radius 1 is 1.28 bits per heavy atom. The molecule has 156 valence electrons. The Balaban J connectivity index is 0.00000240. The molecule has 9 heteroatoms. The van der Waals surface area contributed by atoms with Gasteiger partial charge in [-0.1, -0.05) is 18.2 Å². The molecule has 2 aromatic rings. The Hall–Kier alpha value is -2.58. The third-order valence-electron chi connectivity index (χ3n) is 5.61. The molecule has 2 aliphatic heterocycles. The van der Waals surface area contributed by atoms with Crippen molar-refractivity contribution in [1.29, 1.82) is 0 Å². The molecule has 4 rings (SSSR count). The fourth-order valence-electron chi connectivity index (χ4n) is 4.03. The zero-order chi connectivity index (χ0) is 19.8. The number of carbonyl (C=O) groups is 1. The largest absolute Gasteiger partial charge is 0.492 e. The zero-order valence-electron chi connectivity index (χ0n) is 16.5. The number of para-hydroxylation sites is 1. The molecule has 0 bridgehead atoms. The number of hydrogen-bond acceptors (Lipinski definition) is 5. The highest BCUT2D eigenvalue weighted by Crippen LogP contribution is 2.35. The van der Waals surface area contributed by atoms with Crippen molar-refractivity contribution < 1.29 is 9.53 Å². The highest BCUT2D eigenvalue weighted by atomic mass is 35.5. The van der Waals surface area contributed by atoms with Crippen LogP contribution in [0.3, 0.4) is 0 Å². The van der Waals surface area contributed by atoms with Crippen molar-refractivity contribution in [2.24, 2.45) is 14.1 Å². The molecule has 0 aliphatic carbocycles. The van der Waals surface area contributed by atoms with E-state index in [0.717, 1.165) is 28.8 Å². The van der Waals surface area contributed by atoms with Gasteiger partial charge in [0.05, 0.1) is 12.1 Å². The molecule has 1 amide bonds. The summed E-state index contributed by atoms with van der Waals surface area (Å²) in [6.07, 6.45) is 2.36. The Kier molecular flexibility index (Phi) is 6.14. The van der Waals surface area contributed by atoms with Crippen molar-refractivity contribution in [2.75, 3.05) is 19.7 Å². The maximum Gasteiger partial charge on any atom is 0.330 e. The zero-order valence-corrected chi connectivity index (χ0v) is 17.3. The quantitative estimate of drug-likeness (QED) is 0.772. The molecule has 8 nitrogen and oxygen atoms in total. The first kappa shape index (κ1) is 21.1. The van der Waals surface area contributed by atoms with E-state index < -0.39 is 0 Å². The van der Waals surface area contributed by atoms with Crippen molar-refractivity contribution in [1.82, 2.24) is 19.4 Å². The van der Waals surface area contributed by atoms with Gasteiger partial charge in [0, 0.05) is 38.4 Å². The summed E-state index contributed by atoms with van der Waals surface area (Å²) in [5.74, 6) is 0.311. The molecule has 0 saturated carbocycles. The Morgan fingerprint density at radius 2 is 2.03 bits per heavy atom. The van der Waals surface area contributed by atoms with Crippen molar-refractivity contribution in [2.45, 2.75) is 24.9 Å². The van der Waals surface area contributed by atoms with Crippen LogP contribution in [0.2, 0.25) is 0 Å². The number of aryl methyl sites for hydroxylation is 1. The standard InChI is InChI=1S/C20H24N4O4.ClH/c1-22-10-13(18(25)23(2)20(22)27)11-24(14-7-8-21-9-14)19(26)16-12-28-17-6-4-3-5-15(16)17;/h3-6,10,14,16,21H,7-9,11-12H2,1-2H3;1H. The number of ether oxygens (including phenoxy) is 1. The Morgan fingerprint density at radius 3 is 2.76 bits per heavy atom. The lowest BCUT2D eigenvalue weighted by atomic mass is 9.98. The summed E-state index contributed by atoms with van der Waals surface area (Å²) in [5.41, 5.74) is 0.566. The average Bonchev–Trinajstić information content (AvgIpc) is 3.37. The summed E-state index contributed by atoms with van der Waals surface area (Å²) >= 11 is 0. The van der Waals surface area contributed by atoms with Crippen LogP contribution in [-0.2, 0) is 25.4 Å². The van der Waals surface area contributed by atoms with Crippen molar-refractivity contribution in [3.8, 4) is 5.75 Å². The van der Waals surface area contributed by atoms with Gasteiger partial charge in [-0.05, 0) is 19.0 Å². The number of benzene rings is 1. The molecular weight excluding hydrogens is 396 g/mol. The second-order valence-corrected chi connectivity index (χ2v) is 7.43. The van der Waals surface area contributed by atoms with Crippen LogP contribution in [0.4, 0.5) is 0 Å². The average molecular weight is 421 g/mol. The summed E-state index contributed by atoms with van der Waals surface area (Å²) in [4.78, 5) is 39.9. The van der Waals surface area contributed by atoms with Gasteiger partial charge in [-0.25, -0.2) is 4.79 Å². The van der Waals surface area contributed by atoms with E-state index in [4.69, 9.17) is 4.74 Å². The summed E-state index contributed by atoms with van der Waals surface area (Å²) in [6, 6.07) is 7.58. The van der Waals surface area contributed by atoms with Crippen LogP contribution in [0.5, 0.6) is 5.75 Å². The number of fused-ring (bicyclic) bond motifs is 1. The van der Waals surface area contributed by atoms with E-state index in [2.05, 4.69) is 5.32 Å². The van der Waals surface area contributed by atoms with Crippen LogP contribution < -0.4 is 21.3 Å². The SMILES string of the molecule is Cl.Cn1cc(CN(C(=O)C2COc3ccccc32)C2CCNC2)c(=O)n(C)c1=O. The summed E-state index contributed by atoms with van der Waals surface area (Å²) in [5, 5.41) is 3.29. The molecule has 2 aliphatic rings. The first-order valence-electron chi connectivity index (χ1n) is 9.46. The molecule has 1 saturated heterocycles. The lowest BCUT2D eigenvalue weighted by molar-refractivity contribution is -0.135. The van der Waals surface area contributed by atoms with Gasteiger partial charge in [-0.2, -0.15) is 0 Å². The lowest BCUT2D eigenvalue weighted by Gasteiger charge is -2.30. The van der Waals surface area contributed by atoms with Gasteiger partial charge in [0.25, 0.3) is 5.56 Å². The number of halogens is 1. The molecular formula is C20H25ClN4O4. The van der Waals surface area contributed by atoms with Crippen LogP contribution >= 0.6 is 12.4 Å². The Labute approximate surface area is 174 Å². The number of carbonyl (C=O) groups excluding carboxylic acids is 1. The maximum atomic E-state index is 13.5. The molecule has 29 heavy (non-hydrogen) atoms. The van der Waals surface area contributed by atoms with Crippen LogP contribution in [0.25, 0.3) is 0 Å². The van der Waals surface area contributed by atoms with E-state index in [1.165, 1.54) is 17.8 Å². The molecule has 1 fully saturated rings. The number of amides is 1. The third-order valence-corrected chi connectivity index (χ3v) is 5.61. The highest BCUT2D eigenvalue weighted by Gasteiger charge is 2.37. The molecule has 1 N–H and O–H groups in total. The minimum Gasteiger partial charge on any atom is -0.492 e. The van der Waals surface area contributed by atoms with Gasteiger partial charge in [-0.3, -0.25) is 14.2 Å². The van der Waals surface area contributed by atoms with Crippen LogP contribution in [0.15, 0.2) is 40.1 Å². The van der Waals surface area contributed by atoms with Crippen LogP contribution in [0.1, 0.15) is 23.5 Å². The summed E-state index contributed by atoms with van der Waals surface area (Å²) < 4.78 is 8.16. The lowest BCUT2D eigenvalue weighted by Crippen LogP contribution is -2.46. The molecule has 2 atom stereocenters. The maximum absolute atomic E-state index is 13.5. The first-order chi connectivity index (χ1) is 13.5. The van der Waals surface area contributed by atoms with Gasteiger partial charge >= 0.3 is 5.69 Å². The van der Waals surface area contributed by atoms with Crippen LogP contribution in [-0.4, -0.2) is 45.7 Å². The van der Waals surface area contributed by atoms with Gasteiger partial charge < -0.3 is 19.5 Å². The number of hydrogen-bond donors (Lipinski definition) is 1. The van der Waals surface area contributed by atoms with E-state index in [-0.39, 0.29) is 48.1 Å². The molecule has 0 radical (unpaired) electrons. The number of aromatic nitrogens is 2. The molecule has 1 aromatic carbocycles. The third kappa shape index (κ3) is 3.82. The number of rotatable bonds is 4. The van der Waals surface area contributed by atoms with E-state index >= 15 is 0 Å². The Bertz CT molecular complexity index is 1030. The van der Waals surface area contributed by atoms with Gasteiger partial charge in [0.2, 0.25) is 5.91 Å². The van der Waals surface area contributed by atoms with E-state index in [0.29, 0.717) is 18.7 Å². The van der Waals surface area contributed by atoms with Crippen molar-refractivity contribution in [3.63, 3.8) is 0 Å². The number of nitrogens with one attached hydrogen (secondary N) is 1. The van der Waals surface area contributed by atoms with Crippen molar-refractivity contribution >= 4 is 18.3 Å². The van der Waals surface area contributed by atoms with E-state index in [1.54, 1.807) is 11.9 Å². The predicted octanol–water partition coefficient (Wildman–Crippen LogP) is 0.373. The molecule has 2 unspecified atom stereocenters. The molecule has 1 aromatic heterocycles. The van der Waals surface area contributed by atoms with Gasteiger partial charge in [-0.15, -0.1) is 12.4 Å². The fraction of sp³-hybridized carbons (Fsp3) is 0.450. The monoisotopic (exact) mass is 420 g/mol. The topological polar surface area (TPSA) is 85.6 Å². The summed E-state index contributed by atoms with van der Waals surface area (Å²) in [6.45, 7) is 2.00. The van der Waals surface area contributed by atoms with Gasteiger partial charge in [0.1, 0.15) is 18.3 Å². The van der Waals surface area contributed by atoms with E-state index in [9.17, 15) is 14.4 Å². The first-order valence-corrected chi connectivity index (χ1v) is 9.46.